The lowest BCUT2D eigenvalue weighted by Crippen LogP contribution is -1.96. The van der Waals surface area contributed by atoms with E-state index in [1.54, 1.807) is 0 Å². The van der Waals surface area contributed by atoms with Crippen LogP contribution in [-0.2, 0) is 10.8 Å². The Labute approximate surface area is 130 Å². The van der Waals surface area contributed by atoms with Crippen LogP contribution < -0.4 is 4.74 Å². The highest BCUT2D eigenvalue weighted by Crippen LogP contribution is 2.35. The fourth-order valence-electron chi connectivity index (χ4n) is 1.68. The zero-order valence-electron chi connectivity index (χ0n) is 10.7. The average molecular weight is 372 g/mol. The largest absolute Gasteiger partial charge is 0.456 e. The van der Waals surface area contributed by atoms with Crippen molar-refractivity contribution in [2.45, 2.75) is 4.90 Å². The molecule has 3 nitrogen and oxygen atoms in total. The molecule has 2 rings (SSSR count). The monoisotopic (exact) mass is 371 g/mol. The standard InChI is InChI=1S/C14H8BrF2NO2S/c1-21(19)13-3-2-12(14(15)11(13)7-18)20-10-5-8(16)4-9(17)6-10/h2-6H,1H3. The van der Waals surface area contributed by atoms with Gasteiger partial charge >= 0.3 is 0 Å². The van der Waals surface area contributed by atoms with Crippen LogP contribution in [0.4, 0.5) is 8.78 Å². The van der Waals surface area contributed by atoms with Gasteiger partial charge < -0.3 is 4.74 Å². The first kappa shape index (κ1) is 15.6. The van der Waals surface area contributed by atoms with E-state index in [0.717, 1.165) is 18.2 Å². The van der Waals surface area contributed by atoms with Crippen molar-refractivity contribution >= 4 is 26.7 Å². The van der Waals surface area contributed by atoms with Crippen LogP contribution in [-0.4, -0.2) is 10.5 Å². The second kappa shape index (κ2) is 6.33. The number of nitrogens with zero attached hydrogens (tertiary/aromatic N) is 1. The molecular formula is C14H8BrF2NO2S. The van der Waals surface area contributed by atoms with Crippen LogP contribution >= 0.6 is 15.9 Å². The van der Waals surface area contributed by atoms with Crippen molar-refractivity contribution in [3.8, 4) is 17.6 Å². The predicted octanol–water partition coefficient (Wildman–Crippen LogP) is 4.13. The van der Waals surface area contributed by atoms with Crippen LogP contribution in [0, 0.1) is 23.0 Å². The lowest BCUT2D eigenvalue weighted by Gasteiger charge is -2.11. The third kappa shape index (κ3) is 3.46. The number of rotatable bonds is 3. The van der Waals surface area contributed by atoms with Crippen LogP contribution in [0.3, 0.4) is 0 Å². The summed E-state index contributed by atoms with van der Waals surface area (Å²) in [5.74, 6) is -1.38. The van der Waals surface area contributed by atoms with Crippen molar-refractivity contribution in [1.29, 1.82) is 5.26 Å². The summed E-state index contributed by atoms with van der Waals surface area (Å²) in [6.45, 7) is 0. The van der Waals surface area contributed by atoms with Gasteiger partial charge in [0.15, 0.2) is 0 Å². The first-order valence-electron chi connectivity index (χ1n) is 5.62. The van der Waals surface area contributed by atoms with Crippen molar-refractivity contribution < 1.29 is 17.7 Å². The summed E-state index contributed by atoms with van der Waals surface area (Å²) in [4.78, 5) is 0.349. The smallest absolute Gasteiger partial charge is 0.143 e. The number of hydrogen-bond acceptors (Lipinski definition) is 3. The van der Waals surface area contributed by atoms with Gasteiger partial charge in [-0.3, -0.25) is 4.21 Å². The van der Waals surface area contributed by atoms with Crippen LogP contribution in [0.25, 0.3) is 0 Å². The molecule has 1 unspecified atom stereocenters. The highest BCUT2D eigenvalue weighted by Gasteiger charge is 2.15. The average Bonchev–Trinajstić information content (AvgIpc) is 2.39. The molecule has 0 aliphatic rings. The topological polar surface area (TPSA) is 50.1 Å². The molecule has 0 bridgehead atoms. The molecule has 0 aromatic heterocycles. The van der Waals surface area contributed by atoms with Gasteiger partial charge in [0.25, 0.3) is 0 Å². The third-order valence-electron chi connectivity index (χ3n) is 2.55. The second-order valence-corrected chi connectivity index (χ2v) is 6.17. The summed E-state index contributed by atoms with van der Waals surface area (Å²) in [6.07, 6.45) is 1.45. The Morgan fingerprint density at radius 2 is 1.86 bits per heavy atom. The van der Waals surface area contributed by atoms with Gasteiger partial charge in [-0.05, 0) is 28.1 Å². The molecule has 21 heavy (non-hydrogen) atoms. The fraction of sp³-hybridized carbons (Fsp3) is 0.0714. The zero-order valence-corrected chi connectivity index (χ0v) is 13.1. The van der Waals surface area contributed by atoms with Gasteiger partial charge in [0.1, 0.15) is 29.2 Å². The minimum absolute atomic E-state index is 0.0394. The molecule has 0 fully saturated rings. The molecule has 2 aromatic carbocycles. The van der Waals surface area contributed by atoms with E-state index in [9.17, 15) is 13.0 Å². The molecule has 0 radical (unpaired) electrons. The molecule has 0 heterocycles. The lowest BCUT2D eigenvalue weighted by atomic mass is 10.2. The maximum Gasteiger partial charge on any atom is 0.143 e. The second-order valence-electron chi connectivity index (χ2n) is 4.02. The first-order valence-corrected chi connectivity index (χ1v) is 7.97. The molecule has 0 amide bonds. The van der Waals surface area contributed by atoms with Gasteiger partial charge in [-0.25, -0.2) is 8.78 Å². The third-order valence-corrected chi connectivity index (χ3v) is 4.30. The Kier molecular flexibility index (Phi) is 4.70. The maximum absolute atomic E-state index is 13.1. The molecule has 0 saturated carbocycles. The van der Waals surface area contributed by atoms with Gasteiger partial charge in [0.05, 0.1) is 25.7 Å². The van der Waals surface area contributed by atoms with E-state index in [0.29, 0.717) is 4.90 Å². The normalized spacial score (nSPS) is 11.8. The van der Waals surface area contributed by atoms with Crippen molar-refractivity contribution in [3.63, 3.8) is 0 Å². The van der Waals surface area contributed by atoms with E-state index in [4.69, 9.17) is 10.00 Å². The van der Waals surface area contributed by atoms with Gasteiger partial charge in [0, 0.05) is 24.5 Å². The minimum Gasteiger partial charge on any atom is -0.456 e. The number of ether oxygens (including phenoxy) is 1. The van der Waals surface area contributed by atoms with E-state index >= 15 is 0 Å². The molecule has 0 spiro atoms. The van der Waals surface area contributed by atoms with Crippen LogP contribution in [0.5, 0.6) is 11.5 Å². The summed E-state index contributed by atoms with van der Waals surface area (Å²) in [5.41, 5.74) is 0.158. The Bertz CT molecular complexity index is 754. The Balaban J connectivity index is 2.46. The number of nitriles is 1. The van der Waals surface area contributed by atoms with E-state index in [-0.39, 0.29) is 21.5 Å². The number of benzene rings is 2. The zero-order chi connectivity index (χ0) is 15.6. The summed E-state index contributed by atoms with van der Waals surface area (Å²) < 4.78 is 43.4. The highest BCUT2D eigenvalue weighted by atomic mass is 79.9. The van der Waals surface area contributed by atoms with Crippen molar-refractivity contribution in [3.05, 3.63) is 52.0 Å². The van der Waals surface area contributed by atoms with Gasteiger partial charge in [-0.15, -0.1) is 0 Å². The SMILES string of the molecule is CS(=O)c1ccc(Oc2cc(F)cc(F)c2)c(Br)c1C#N. The molecule has 0 saturated heterocycles. The maximum atomic E-state index is 13.1. The molecule has 0 aliphatic heterocycles. The quantitative estimate of drug-likeness (QED) is 0.814. The molecule has 0 N–H and O–H groups in total. The summed E-state index contributed by atoms with van der Waals surface area (Å²) in [7, 11) is -1.34. The fourth-order valence-corrected chi connectivity index (χ4v) is 3.02. The predicted molar refractivity (Wildman–Crippen MR) is 77.6 cm³/mol. The molecular weight excluding hydrogens is 364 g/mol. The van der Waals surface area contributed by atoms with Crippen molar-refractivity contribution in [2.24, 2.45) is 0 Å². The Hall–Kier alpha value is -1.78. The van der Waals surface area contributed by atoms with Gasteiger partial charge in [-0.2, -0.15) is 5.26 Å². The number of hydrogen-bond donors (Lipinski definition) is 0. The Morgan fingerprint density at radius 3 is 2.38 bits per heavy atom. The van der Waals surface area contributed by atoms with Crippen LogP contribution in [0.1, 0.15) is 5.56 Å². The molecule has 0 aliphatic carbocycles. The number of halogens is 3. The van der Waals surface area contributed by atoms with Crippen molar-refractivity contribution in [2.75, 3.05) is 6.26 Å². The molecule has 108 valence electrons. The summed E-state index contributed by atoms with van der Waals surface area (Å²) >= 11 is 3.19. The first-order chi connectivity index (χ1) is 9.92. The van der Waals surface area contributed by atoms with Crippen molar-refractivity contribution in [1.82, 2.24) is 0 Å². The highest BCUT2D eigenvalue weighted by molar-refractivity contribution is 9.10. The molecule has 1 atom stereocenters. The molecule has 7 heteroatoms. The summed E-state index contributed by atoms with van der Waals surface area (Å²) in [6, 6.07) is 7.65. The summed E-state index contributed by atoms with van der Waals surface area (Å²) in [5, 5.41) is 9.14. The minimum atomic E-state index is -1.34. The van der Waals surface area contributed by atoms with Crippen LogP contribution in [0.2, 0.25) is 0 Å². The Morgan fingerprint density at radius 1 is 1.24 bits per heavy atom. The molecule has 2 aromatic rings. The lowest BCUT2D eigenvalue weighted by molar-refractivity contribution is 0.465. The van der Waals surface area contributed by atoms with Gasteiger partial charge in [-0.1, -0.05) is 0 Å². The van der Waals surface area contributed by atoms with E-state index in [2.05, 4.69) is 15.9 Å². The van der Waals surface area contributed by atoms with E-state index in [1.807, 2.05) is 6.07 Å². The van der Waals surface area contributed by atoms with E-state index < -0.39 is 22.4 Å². The van der Waals surface area contributed by atoms with Crippen LogP contribution in [0.15, 0.2) is 39.7 Å². The van der Waals surface area contributed by atoms with Gasteiger partial charge in [0.2, 0.25) is 0 Å². The van der Waals surface area contributed by atoms with E-state index in [1.165, 1.54) is 18.4 Å².